The minimum atomic E-state index is -0.534. The molecule has 0 unspecified atom stereocenters. The molecule has 0 aliphatic carbocycles. The molecule has 3 aliphatic rings. The largest absolute Gasteiger partial charge is 0.457 e. The van der Waals surface area contributed by atoms with Crippen LogP contribution in [0.25, 0.3) is 22.3 Å². The Labute approximate surface area is 284 Å². The van der Waals surface area contributed by atoms with Crippen molar-refractivity contribution in [1.29, 1.82) is 5.26 Å². The number of carbonyl (C=O) groups is 1. The van der Waals surface area contributed by atoms with Crippen molar-refractivity contribution in [2.75, 3.05) is 58.2 Å². The number of carbonyl (C=O) groups excluding carboxylic acids is 1. The van der Waals surface area contributed by atoms with Crippen LogP contribution in [0, 0.1) is 17.1 Å². The summed E-state index contributed by atoms with van der Waals surface area (Å²) >= 11 is 0. The van der Waals surface area contributed by atoms with E-state index in [9.17, 15) is 10.1 Å². The summed E-state index contributed by atoms with van der Waals surface area (Å²) in [5.41, 5.74) is 6.97. The van der Waals surface area contributed by atoms with E-state index in [0.29, 0.717) is 60.2 Å². The van der Waals surface area contributed by atoms with Gasteiger partial charge < -0.3 is 20.1 Å². The summed E-state index contributed by atoms with van der Waals surface area (Å²) in [4.78, 5) is 29.0. The fourth-order valence-corrected chi connectivity index (χ4v) is 7.01. The smallest absolute Gasteiger partial charge is 0.264 e. The Morgan fingerprint density at radius 1 is 1.06 bits per heavy atom. The highest BCUT2D eigenvalue weighted by Crippen LogP contribution is 2.36. The van der Waals surface area contributed by atoms with Crippen molar-refractivity contribution < 1.29 is 18.7 Å². The second-order valence-corrected chi connectivity index (χ2v) is 13.4. The second kappa shape index (κ2) is 13.5. The third-order valence-corrected chi connectivity index (χ3v) is 9.84. The molecule has 49 heavy (non-hydrogen) atoms. The lowest BCUT2D eigenvalue weighted by atomic mass is 9.96. The number of halogens is 1. The summed E-state index contributed by atoms with van der Waals surface area (Å²) < 4.78 is 28.6. The molecule has 13 heteroatoms. The van der Waals surface area contributed by atoms with Crippen LogP contribution in [0.3, 0.4) is 0 Å². The molecule has 2 aromatic heterocycles. The molecule has 2 N–H and O–H groups in total. The maximum Gasteiger partial charge on any atom is 0.264 e. The minimum Gasteiger partial charge on any atom is -0.457 e. The lowest BCUT2D eigenvalue weighted by molar-refractivity contribution is -0.128. The molecule has 0 bridgehead atoms. The molecule has 254 valence electrons. The van der Waals surface area contributed by atoms with E-state index in [1.54, 1.807) is 33.8 Å². The van der Waals surface area contributed by atoms with Crippen molar-refractivity contribution in [3.63, 3.8) is 0 Å². The molecule has 5 heterocycles. The summed E-state index contributed by atoms with van der Waals surface area (Å²) in [6.45, 7) is 10.1. The van der Waals surface area contributed by atoms with Gasteiger partial charge >= 0.3 is 0 Å². The molecular weight excluding hydrogens is 625 g/mol. The number of amides is 1. The SMILES string of the molecule is CC(C)(/C=C(/C#N)C(=O)N1CCC[C@@H](n2nc(-c3ccc(Oc4ccccc4)cc3F)c3c(N)ncnc32)C1)N1CCN(C2COC2)CC1. The zero-order chi connectivity index (χ0) is 34.1. The van der Waals surface area contributed by atoms with Crippen LogP contribution < -0.4 is 10.5 Å². The fraction of sp³-hybridized carbons (Fsp3) is 0.417. The Kier molecular flexibility index (Phi) is 9.02. The minimum absolute atomic E-state index is 0.123. The zero-order valence-corrected chi connectivity index (χ0v) is 27.8. The number of fused-ring (bicyclic) bond motifs is 1. The summed E-state index contributed by atoms with van der Waals surface area (Å²) in [5.74, 6) is 0.273. The summed E-state index contributed by atoms with van der Waals surface area (Å²) in [6, 6.07) is 16.2. The predicted octanol–water partition coefficient (Wildman–Crippen LogP) is 4.42. The number of ether oxygens (including phenoxy) is 2. The molecule has 0 spiro atoms. The molecule has 0 radical (unpaired) electrons. The Morgan fingerprint density at radius 2 is 1.84 bits per heavy atom. The molecule has 2 aromatic carbocycles. The quantitative estimate of drug-likeness (QED) is 0.213. The molecule has 1 amide bonds. The fourth-order valence-electron chi connectivity index (χ4n) is 7.01. The van der Waals surface area contributed by atoms with Crippen LogP contribution in [-0.2, 0) is 9.53 Å². The maximum absolute atomic E-state index is 15.7. The number of hydrogen-bond donors (Lipinski definition) is 1. The zero-order valence-electron chi connectivity index (χ0n) is 27.8. The number of piperidine rings is 1. The normalized spacial score (nSPS) is 19.8. The first-order valence-corrected chi connectivity index (χ1v) is 16.7. The average molecular weight is 666 g/mol. The van der Waals surface area contributed by atoms with E-state index >= 15 is 4.39 Å². The van der Waals surface area contributed by atoms with Crippen LogP contribution in [0.5, 0.6) is 11.5 Å². The van der Waals surface area contributed by atoms with E-state index in [1.165, 1.54) is 12.4 Å². The number of aromatic nitrogens is 4. The Hall–Kier alpha value is -4.90. The summed E-state index contributed by atoms with van der Waals surface area (Å²) in [5, 5.41) is 15.4. The highest BCUT2D eigenvalue weighted by molar-refractivity contribution is 5.99. The van der Waals surface area contributed by atoms with Gasteiger partial charge in [-0.05, 0) is 57.0 Å². The standard InChI is InChI=1S/C36H40FN9O3/c1-36(2,45-15-13-43(14-16-45)26-21-48-22-26)18-24(19-38)35(47)44-12-6-7-25(20-44)46-34-31(33(39)40-23-41-34)32(42-46)29-11-10-28(17-30(29)37)49-27-8-4-3-5-9-27/h3-5,8-11,17-18,23,25-26H,6-7,12-16,20-22H2,1-2H3,(H2,39,40,41)/b24-18-/t25-/m1/s1. The van der Waals surface area contributed by atoms with E-state index in [1.807, 2.05) is 24.3 Å². The number of rotatable bonds is 8. The van der Waals surface area contributed by atoms with E-state index < -0.39 is 11.4 Å². The average Bonchev–Trinajstić information content (AvgIpc) is 3.48. The number of likely N-dealkylation sites (tertiary alicyclic amines) is 1. The number of nitrogens with two attached hydrogens (primary N) is 1. The van der Waals surface area contributed by atoms with Crippen LogP contribution in [-0.4, -0.2) is 104 Å². The number of anilines is 1. The lowest BCUT2D eigenvalue weighted by Crippen LogP contribution is -2.59. The predicted molar refractivity (Wildman–Crippen MR) is 182 cm³/mol. The van der Waals surface area contributed by atoms with Crippen LogP contribution in [0.2, 0.25) is 0 Å². The van der Waals surface area contributed by atoms with Gasteiger partial charge in [-0.25, -0.2) is 19.0 Å². The number of hydrogen-bond acceptors (Lipinski definition) is 10. The van der Waals surface area contributed by atoms with Crippen LogP contribution in [0.4, 0.5) is 10.2 Å². The van der Waals surface area contributed by atoms with E-state index in [-0.39, 0.29) is 28.9 Å². The molecule has 3 aliphatic heterocycles. The highest BCUT2D eigenvalue weighted by Gasteiger charge is 2.35. The van der Waals surface area contributed by atoms with Gasteiger partial charge in [0, 0.05) is 56.4 Å². The van der Waals surface area contributed by atoms with Crippen LogP contribution in [0.15, 0.2) is 66.5 Å². The molecule has 7 rings (SSSR count). The van der Waals surface area contributed by atoms with Gasteiger partial charge in [-0.1, -0.05) is 18.2 Å². The Balaban J connectivity index is 1.11. The van der Waals surface area contributed by atoms with Gasteiger partial charge in [-0.2, -0.15) is 10.4 Å². The first-order chi connectivity index (χ1) is 23.7. The van der Waals surface area contributed by atoms with Crippen molar-refractivity contribution >= 4 is 22.8 Å². The van der Waals surface area contributed by atoms with Crippen LogP contribution >= 0.6 is 0 Å². The molecule has 3 fully saturated rings. The van der Waals surface area contributed by atoms with Crippen LogP contribution in [0.1, 0.15) is 32.7 Å². The van der Waals surface area contributed by atoms with Gasteiger partial charge in [-0.15, -0.1) is 0 Å². The van der Waals surface area contributed by atoms with Crippen molar-refractivity contribution in [1.82, 2.24) is 34.4 Å². The molecule has 12 nitrogen and oxygen atoms in total. The maximum atomic E-state index is 15.7. The molecule has 0 saturated carbocycles. The number of piperazine rings is 1. The number of benzene rings is 2. The molecule has 1 atom stereocenters. The van der Waals surface area contributed by atoms with E-state index in [4.69, 9.17) is 20.3 Å². The van der Waals surface area contributed by atoms with Gasteiger partial charge in [0.15, 0.2) is 5.65 Å². The van der Waals surface area contributed by atoms with E-state index in [0.717, 1.165) is 39.4 Å². The first-order valence-electron chi connectivity index (χ1n) is 16.7. The number of nitrogen functional groups attached to an aromatic ring is 1. The van der Waals surface area contributed by atoms with Crippen molar-refractivity contribution in [2.45, 2.75) is 44.3 Å². The summed E-state index contributed by atoms with van der Waals surface area (Å²) in [7, 11) is 0. The monoisotopic (exact) mass is 665 g/mol. The lowest BCUT2D eigenvalue weighted by Gasteiger charge is -2.46. The van der Waals surface area contributed by atoms with Gasteiger partial charge in [-0.3, -0.25) is 14.6 Å². The van der Waals surface area contributed by atoms with Gasteiger partial charge in [0.2, 0.25) is 0 Å². The number of nitrogens with zero attached hydrogens (tertiary/aromatic N) is 8. The molecular formula is C36H40FN9O3. The highest BCUT2D eigenvalue weighted by atomic mass is 19.1. The Bertz CT molecular complexity index is 1910. The third-order valence-electron chi connectivity index (χ3n) is 9.84. The van der Waals surface area contributed by atoms with Gasteiger partial charge in [0.1, 0.15) is 46.8 Å². The number of nitriles is 1. The van der Waals surface area contributed by atoms with Crippen molar-refractivity contribution in [3.8, 4) is 28.8 Å². The first kappa shape index (κ1) is 32.6. The topological polar surface area (TPSA) is 139 Å². The number of para-hydroxylation sites is 1. The molecule has 3 saturated heterocycles. The van der Waals surface area contributed by atoms with Gasteiger partial charge in [0.25, 0.3) is 5.91 Å². The third kappa shape index (κ3) is 6.59. The van der Waals surface area contributed by atoms with Gasteiger partial charge in [0.05, 0.1) is 30.7 Å². The molecule has 4 aromatic rings. The Morgan fingerprint density at radius 3 is 2.53 bits per heavy atom. The van der Waals surface area contributed by atoms with Crippen molar-refractivity contribution in [3.05, 3.63) is 72.3 Å². The van der Waals surface area contributed by atoms with Crippen molar-refractivity contribution in [2.24, 2.45) is 0 Å². The second-order valence-electron chi connectivity index (χ2n) is 13.4. The summed E-state index contributed by atoms with van der Waals surface area (Å²) in [6.07, 6.45) is 4.58. The van der Waals surface area contributed by atoms with E-state index in [2.05, 4.69) is 39.7 Å².